The fourth-order valence-corrected chi connectivity index (χ4v) is 5.95. The molecule has 0 saturated carbocycles. The number of likely N-dealkylation sites (N-methyl/N-ethyl adjacent to an activating group) is 1. The zero-order valence-electron chi connectivity index (χ0n) is 22.8. The van der Waals surface area contributed by atoms with Crippen LogP contribution in [0.5, 0.6) is 0 Å². The number of carbonyl (C=O) groups excluding carboxylic acids is 2. The standard InChI is InChI=1S/C30H37N3O4S/c1-6-27(30(35)31-7-2)32(20-25-15-11-13-22(3)19-25)29(34)21-33(28-18-12-14-23(4)24(28)5)38(36,37)26-16-9-8-10-17-26/h8-19,27H,6-7,20-21H2,1-5H3,(H,31,35)/t27-/m1/s1. The molecule has 0 unspecified atom stereocenters. The largest absolute Gasteiger partial charge is 0.355 e. The second-order valence-corrected chi connectivity index (χ2v) is 11.2. The van der Waals surface area contributed by atoms with E-state index in [2.05, 4.69) is 5.32 Å². The first-order valence-electron chi connectivity index (χ1n) is 12.9. The third kappa shape index (κ3) is 6.61. The van der Waals surface area contributed by atoms with Crippen molar-refractivity contribution in [2.45, 2.75) is 58.5 Å². The molecule has 202 valence electrons. The zero-order chi connectivity index (χ0) is 27.9. The summed E-state index contributed by atoms with van der Waals surface area (Å²) in [5.41, 5.74) is 4.01. The fraction of sp³-hybridized carbons (Fsp3) is 0.333. The molecule has 3 aromatic rings. The number of aryl methyl sites for hydroxylation is 2. The molecule has 0 aliphatic carbocycles. The molecule has 0 aromatic heterocycles. The minimum Gasteiger partial charge on any atom is -0.355 e. The van der Waals surface area contributed by atoms with Crippen molar-refractivity contribution in [2.24, 2.45) is 0 Å². The summed E-state index contributed by atoms with van der Waals surface area (Å²) >= 11 is 0. The number of amides is 2. The highest BCUT2D eigenvalue weighted by molar-refractivity contribution is 7.92. The van der Waals surface area contributed by atoms with E-state index >= 15 is 0 Å². The van der Waals surface area contributed by atoms with Crippen molar-refractivity contribution < 1.29 is 18.0 Å². The van der Waals surface area contributed by atoms with Gasteiger partial charge in [0.2, 0.25) is 11.8 Å². The van der Waals surface area contributed by atoms with Gasteiger partial charge in [0.05, 0.1) is 10.6 Å². The van der Waals surface area contributed by atoms with E-state index in [1.807, 2.05) is 65.0 Å². The predicted molar refractivity (Wildman–Crippen MR) is 151 cm³/mol. The smallest absolute Gasteiger partial charge is 0.264 e. The van der Waals surface area contributed by atoms with E-state index in [9.17, 15) is 18.0 Å². The lowest BCUT2D eigenvalue weighted by atomic mass is 10.1. The lowest BCUT2D eigenvalue weighted by Crippen LogP contribution is -2.52. The quantitative estimate of drug-likeness (QED) is 0.384. The molecule has 0 radical (unpaired) electrons. The summed E-state index contributed by atoms with van der Waals surface area (Å²) in [5, 5.41) is 2.82. The molecular weight excluding hydrogens is 498 g/mol. The second kappa shape index (κ2) is 12.7. The molecule has 1 atom stereocenters. The maximum atomic E-state index is 14.0. The summed E-state index contributed by atoms with van der Waals surface area (Å²) in [4.78, 5) is 28.6. The summed E-state index contributed by atoms with van der Waals surface area (Å²) in [5.74, 6) is -0.717. The van der Waals surface area contributed by atoms with Crippen LogP contribution < -0.4 is 9.62 Å². The molecule has 0 fully saturated rings. The molecule has 0 heterocycles. The Balaban J connectivity index is 2.10. The van der Waals surface area contributed by atoms with Gasteiger partial charge in [-0.05, 0) is 69.0 Å². The molecule has 7 nitrogen and oxygen atoms in total. The second-order valence-electron chi connectivity index (χ2n) is 9.37. The van der Waals surface area contributed by atoms with E-state index in [1.165, 1.54) is 21.3 Å². The van der Waals surface area contributed by atoms with Crippen LogP contribution in [0.4, 0.5) is 5.69 Å². The third-order valence-corrected chi connectivity index (χ3v) is 8.40. The van der Waals surface area contributed by atoms with Gasteiger partial charge in [-0.15, -0.1) is 0 Å². The Morgan fingerprint density at radius 2 is 1.58 bits per heavy atom. The van der Waals surface area contributed by atoms with Crippen molar-refractivity contribution in [2.75, 3.05) is 17.4 Å². The Labute approximate surface area is 226 Å². The Bertz CT molecular complexity index is 1370. The molecule has 3 aromatic carbocycles. The van der Waals surface area contributed by atoms with Crippen LogP contribution in [-0.2, 0) is 26.2 Å². The number of sulfonamides is 1. The van der Waals surface area contributed by atoms with Gasteiger partial charge in [0.15, 0.2) is 0 Å². The van der Waals surface area contributed by atoms with E-state index in [1.54, 1.807) is 30.3 Å². The van der Waals surface area contributed by atoms with Gasteiger partial charge in [-0.1, -0.05) is 67.1 Å². The fourth-order valence-electron chi connectivity index (χ4n) is 4.46. The molecule has 38 heavy (non-hydrogen) atoms. The summed E-state index contributed by atoms with van der Waals surface area (Å²) < 4.78 is 29.0. The zero-order valence-corrected chi connectivity index (χ0v) is 23.6. The SMILES string of the molecule is CCNC(=O)[C@@H](CC)N(Cc1cccc(C)c1)C(=O)CN(c1cccc(C)c1C)S(=O)(=O)c1ccccc1. The summed E-state index contributed by atoms with van der Waals surface area (Å²) in [7, 11) is -4.08. The summed E-state index contributed by atoms with van der Waals surface area (Å²) in [6, 6.07) is 20.5. The number of carbonyl (C=O) groups is 2. The van der Waals surface area contributed by atoms with Gasteiger partial charge in [-0.25, -0.2) is 8.42 Å². The predicted octanol–water partition coefficient (Wildman–Crippen LogP) is 4.75. The third-order valence-electron chi connectivity index (χ3n) is 6.63. The lowest BCUT2D eigenvalue weighted by Gasteiger charge is -2.33. The van der Waals surface area contributed by atoms with Gasteiger partial charge in [0.25, 0.3) is 10.0 Å². The van der Waals surface area contributed by atoms with Crippen molar-refractivity contribution in [3.63, 3.8) is 0 Å². The average molecular weight is 536 g/mol. The van der Waals surface area contributed by atoms with Crippen LogP contribution in [0.25, 0.3) is 0 Å². The van der Waals surface area contributed by atoms with E-state index in [4.69, 9.17) is 0 Å². The topological polar surface area (TPSA) is 86.8 Å². The molecule has 0 bridgehead atoms. The van der Waals surface area contributed by atoms with Gasteiger partial charge in [-0.3, -0.25) is 13.9 Å². The summed E-state index contributed by atoms with van der Waals surface area (Å²) in [6.07, 6.45) is 0.387. The number of rotatable bonds is 11. The van der Waals surface area contributed by atoms with E-state index < -0.39 is 28.5 Å². The molecule has 0 aliphatic heterocycles. The first kappa shape index (κ1) is 28.9. The van der Waals surface area contributed by atoms with E-state index in [0.29, 0.717) is 18.7 Å². The van der Waals surface area contributed by atoms with Gasteiger partial charge >= 0.3 is 0 Å². The molecule has 0 saturated heterocycles. The van der Waals surface area contributed by atoms with E-state index in [-0.39, 0.29) is 17.3 Å². The number of benzene rings is 3. The maximum Gasteiger partial charge on any atom is 0.264 e. The Morgan fingerprint density at radius 1 is 0.895 bits per heavy atom. The Morgan fingerprint density at radius 3 is 2.21 bits per heavy atom. The minimum absolute atomic E-state index is 0.0923. The Hall–Kier alpha value is -3.65. The number of anilines is 1. The molecule has 0 spiro atoms. The monoisotopic (exact) mass is 535 g/mol. The molecule has 3 rings (SSSR count). The van der Waals surface area contributed by atoms with Gasteiger partial charge in [0, 0.05) is 13.1 Å². The minimum atomic E-state index is -4.08. The first-order chi connectivity index (χ1) is 18.1. The maximum absolute atomic E-state index is 14.0. The highest BCUT2D eigenvalue weighted by atomic mass is 32.2. The molecule has 2 amide bonds. The number of hydrogen-bond acceptors (Lipinski definition) is 4. The highest BCUT2D eigenvalue weighted by Gasteiger charge is 2.34. The lowest BCUT2D eigenvalue weighted by molar-refractivity contribution is -0.140. The molecule has 0 aliphatic rings. The molecule has 8 heteroatoms. The number of nitrogens with zero attached hydrogens (tertiary/aromatic N) is 2. The number of nitrogens with one attached hydrogen (secondary N) is 1. The van der Waals surface area contributed by atoms with Crippen molar-refractivity contribution >= 4 is 27.5 Å². The van der Waals surface area contributed by atoms with Crippen LogP contribution in [0.3, 0.4) is 0 Å². The normalized spacial score (nSPS) is 12.0. The van der Waals surface area contributed by atoms with Gasteiger partial charge < -0.3 is 10.2 Å². The summed E-state index contributed by atoms with van der Waals surface area (Å²) in [6.45, 7) is 9.55. The van der Waals surface area contributed by atoms with Crippen molar-refractivity contribution in [3.05, 3.63) is 95.1 Å². The van der Waals surface area contributed by atoms with Crippen molar-refractivity contribution in [1.82, 2.24) is 10.2 Å². The first-order valence-corrected chi connectivity index (χ1v) is 14.3. The van der Waals surface area contributed by atoms with Crippen LogP contribution in [-0.4, -0.2) is 44.3 Å². The van der Waals surface area contributed by atoms with Crippen LogP contribution in [0.15, 0.2) is 77.7 Å². The highest BCUT2D eigenvalue weighted by Crippen LogP contribution is 2.29. The van der Waals surface area contributed by atoms with Crippen LogP contribution >= 0.6 is 0 Å². The molecular formula is C30H37N3O4S. The van der Waals surface area contributed by atoms with Crippen LogP contribution in [0, 0.1) is 20.8 Å². The number of hydrogen-bond donors (Lipinski definition) is 1. The van der Waals surface area contributed by atoms with Crippen molar-refractivity contribution in [1.29, 1.82) is 0 Å². The van der Waals surface area contributed by atoms with Crippen molar-refractivity contribution in [3.8, 4) is 0 Å². The van der Waals surface area contributed by atoms with Gasteiger partial charge in [-0.2, -0.15) is 0 Å². The van der Waals surface area contributed by atoms with E-state index in [0.717, 1.165) is 22.3 Å². The van der Waals surface area contributed by atoms with Gasteiger partial charge in [0.1, 0.15) is 12.6 Å². The molecule has 1 N–H and O–H groups in total. The van der Waals surface area contributed by atoms with Crippen LogP contribution in [0.2, 0.25) is 0 Å². The Kier molecular flexibility index (Phi) is 9.69. The average Bonchev–Trinajstić information content (AvgIpc) is 2.89. The van der Waals surface area contributed by atoms with Crippen LogP contribution in [0.1, 0.15) is 42.5 Å².